The van der Waals surface area contributed by atoms with E-state index in [-0.39, 0.29) is 30.3 Å². The lowest BCUT2D eigenvalue weighted by molar-refractivity contribution is -0.0902. The van der Waals surface area contributed by atoms with Crippen molar-refractivity contribution in [1.29, 1.82) is 0 Å². The first-order chi connectivity index (χ1) is 13.8. The minimum Gasteiger partial charge on any atom is -0.516 e. The maximum Gasteiger partial charge on any atom is 0.473 e. The number of aliphatic hydroxyl groups is 2. The highest BCUT2D eigenvalue weighted by molar-refractivity contribution is 7.47. The molecule has 9 atom stereocenters. The van der Waals surface area contributed by atoms with Crippen molar-refractivity contribution in [2.75, 3.05) is 13.7 Å². The van der Waals surface area contributed by atoms with Crippen LogP contribution >= 0.6 is 7.82 Å². The second-order valence-corrected chi connectivity index (χ2v) is 10.2. The van der Waals surface area contributed by atoms with Gasteiger partial charge in [-0.25, -0.2) is 4.57 Å². The highest BCUT2D eigenvalue weighted by Crippen LogP contribution is 2.55. The molecule has 0 heterocycles. The molecule has 0 rings (SSSR count). The fraction of sp³-hybridized carbons (Fsp3) is 0.909. The molecule has 0 saturated heterocycles. The first-order valence-electron chi connectivity index (χ1n) is 11.0. The number of ether oxygens (including phenoxy) is 1. The molecule has 0 aliphatic heterocycles. The number of hydrogen-bond acceptors (Lipinski definition) is 6. The van der Waals surface area contributed by atoms with Gasteiger partial charge in [-0.15, -0.1) is 0 Å². The van der Waals surface area contributed by atoms with Crippen LogP contribution in [0.1, 0.15) is 68.2 Å². The van der Waals surface area contributed by atoms with Crippen molar-refractivity contribution in [1.82, 2.24) is 0 Å². The van der Waals surface area contributed by atoms with Crippen molar-refractivity contribution in [2.24, 2.45) is 29.6 Å². The van der Waals surface area contributed by atoms with Crippen LogP contribution in [0.4, 0.5) is 0 Å². The molecule has 0 radical (unpaired) electrons. The van der Waals surface area contributed by atoms with Gasteiger partial charge in [0.2, 0.25) is 0 Å². The zero-order valence-corrected chi connectivity index (χ0v) is 21.1. The van der Waals surface area contributed by atoms with Crippen LogP contribution in [0.15, 0.2) is 12.3 Å². The van der Waals surface area contributed by atoms with Crippen molar-refractivity contribution in [3.05, 3.63) is 12.3 Å². The molecule has 0 aromatic carbocycles. The smallest absolute Gasteiger partial charge is 0.473 e. The van der Waals surface area contributed by atoms with Crippen LogP contribution in [0, 0.1) is 29.6 Å². The Hall–Kier alpha value is -0.430. The first-order valence-corrected chi connectivity index (χ1v) is 12.5. The average Bonchev–Trinajstić information content (AvgIpc) is 2.69. The lowest BCUT2D eigenvalue weighted by atomic mass is 9.67. The Morgan fingerprint density at radius 1 is 1.03 bits per heavy atom. The summed E-state index contributed by atoms with van der Waals surface area (Å²) in [7, 11) is -3.20. The summed E-state index contributed by atoms with van der Waals surface area (Å²) in [4.78, 5) is 10.6. The van der Waals surface area contributed by atoms with E-state index in [1.54, 1.807) is 0 Å². The van der Waals surface area contributed by atoms with Crippen molar-refractivity contribution in [3.8, 4) is 0 Å². The largest absolute Gasteiger partial charge is 0.516 e. The number of phosphoric ester groups is 1. The molecule has 8 heteroatoms. The number of methoxy groups -OCH3 is 1. The van der Waals surface area contributed by atoms with Gasteiger partial charge < -0.3 is 19.8 Å². The molecular weight excluding hydrogens is 407 g/mol. The third kappa shape index (κ3) is 8.25. The van der Waals surface area contributed by atoms with Crippen molar-refractivity contribution in [3.63, 3.8) is 0 Å². The Morgan fingerprint density at radius 2 is 1.57 bits per heavy atom. The minimum absolute atomic E-state index is 0.0242. The molecule has 0 aromatic heterocycles. The molecular formula is C22H45O7P. The third-order valence-corrected chi connectivity index (χ3v) is 8.33. The lowest BCUT2D eigenvalue weighted by Crippen LogP contribution is -2.48. The molecule has 9 unspecified atom stereocenters. The van der Waals surface area contributed by atoms with Gasteiger partial charge >= 0.3 is 7.82 Å². The van der Waals surface area contributed by atoms with Crippen molar-refractivity contribution in [2.45, 2.75) is 86.0 Å². The van der Waals surface area contributed by atoms with Gasteiger partial charge in [0.1, 0.15) is 12.2 Å². The van der Waals surface area contributed by atoms with Gasteiger partial charge in [0.15, 0.2) is 0 Å². The van der Waals surface area contributed by atoms with E-state index in [1.165, 1.54) is 7.11 Å². The maximum atomic E-state index is 13.0. The van der Waals surface area contributed by atoms with Gasteiger partial charge in [0.25, 0.3) is 0 Å². The fourth-order valence-electron chi connectivity index (χ4n) is 3.89. The number of hydrogen-bond donors (Lipinski definition) is 3. The van der Waals surface area contributed by atoms with Gasteiger partial charge in [0.05, 0.1) is 18.5 Å². The van der Waals surface area contributed by atoms with Crippen molar-refractivity contribution >= 4 is 7.82 Å². The van der Waals surface area contributed by atoms with Crippen molar-refractivity contribution < 1.29 is 33.5 Å². The molecule has 180 valence electrons. The summed E-state index contributed by atoms with van der Waals surface area (Å²) in [6.07, 6.45) is 1.17. The van der Waals surface area contributed by atoms with E-state index in [9.17, 15) is 14.6 Å². The van der Waals surface area contributed by atoms with Crippen LogP contribution in [0.5, 0.6) is 0 Å². The van der Waals surface area contributed by atoms with Gasteiger partial charge in [-0.05, 0) is 42.6 Å². The molecule has 0 saturated carbocycles. The molecule has 0 bridgehead atoms. The van der Waals surface area contributed by atoms with E-state index < -0.39 is 25.6 Å². The molecule has 30 heavy (non-hydrogen) atoms. The van der Waals surface area contributed by atoms with Crippen LogP contribution in [-0.4, -0.2) is 46.6 Å². The van der Waals surface area contributed by atoms with Crippen LogP contribution in [-0.2, 0) is 18.3 Å². The fourth-order valence-corrected chi connectivity index (χ4v) is 5.29. The minimum atomic E-state index is -4.59. The van der Waals surface area contributed by atoms with Gasteiger partial charge in [-0.2, -0.15) is 0 Å². The summed E-state index contributed by atoms with van der Waals surface area (Å²) < 4.78 is 29.1. The van der Waals surface area contributed by atoms with Crippen LogP contribution in [0.25, 0.3) is 0 Å². The van der Waals surface area contributed by atoms with E-state index in [2.05, 4.69) is 41.5 Å². The summed E-state index contributed by atoms with van der Waals surface area (Å²) in [6, 6.07) is 0. The van der Waals surface area contributed by atoms with E-state index in [0.717, 1.165) is 18.9 Å². The molecule has 0 aliphatic rings. The van der Waals surface area contributed by atoms with Crippen LogP contribution < -0.4 is 0 Å². The van der Waals surface area contributed by atoms with E-state index in [0.29, 0.717) is 12.2 Å². The molecule has 0 amide bonds. The summed E-state index contributed by atoms with van der Waals surface area (Å²) in [5.74, 6) is 0.868. The van der Waals surface area contributed by atoms with Crippen LogP contribution in [0.2, 0.25) is 0 Å². The van der Waals surface area contributed by atoms with E-state index in [4.69, 9.17) is 18.9 Å². The predicted molar refractivity (Wildman–Crippen MR) is 120 cm³/mol. The quantitative estimate of drug-likeness (QED) is 0.228. The second kappa shape index (κ2) is 13.2. The summed E-state index contributed by atoms with van der Waals surface area (Å²) in [6.45, 7) is 16.5. The van der Waals surface area contributed by atoms with Gasteiger partial charge in [0, 0.05) is 7.11 Å². The standard InChI is InChI=1S/C22H45O7P/c1-10-15(3)17(5)19(7)22(8,18(6)16(4)11-2)29-30(25,26)28-21(12-13-23)20(24)14-27-9/h12-13,15-21,23-24H,10-11,14H2,1-9H3,(H,25,26)/b13-12+. The van der Waals surface area contributed by atoms with E-state index >= 15 is 0 Å². The number of aliphatic hydroxyl groups excluding tert-OH is 2. The van der Waals surface area contributed by atoms with Gasteiger partial charge in [-0.3, -0.25) is 9.05 Å². The third-order valence-electron chi connectivity index (χ3n) is 7.20. The first kappa shape index (κ1) is 29.6. The Morgan fingerprint density at radius 3 is 2.00 bits per heavy atom. The highest BCUT2D eigenvalue weighted by atomic mass is 31.2. The Balaban J connectivity index is 5.93. The maximum absolute atomic E-state index is 13.0. The summed E-state index contributed by atoms with van der Waals surface area (Å²) in [5, 5.41) is 19.2. The number of phosphoric acid groups is 1. The Kier molecular flexibility index (Phi) is 13.0. The predicted octanol–water partition coefficient (Wildman–Crippen LogP) is 5.33. The highest BCUT2D eigenvalue weighted by Gasteiger charge is 2.48. The summed E-state index contributed by atoms with van der Waals surface area (Å²) >= 11 is 0. The molecule has 0 aromatic rings. The van der Waals surface area contributed by atoms with E-state index in [1.807, 2.05) is 13.8 Å². The topological polar surface area (TPSA) is 105 Å². The second-order valence-electron chi connectivity index (χ2n) is 8.89. The van der Waals surface area contributed by atoms with Crippen LogP contribution in [0.3, 0.4) is 0 Å². The van der Waals surface area contributed by atoms with Gasteiger partial charge in [-0.1, -0.05) is 61.3 Å². The molecule has 7 nitrogen and oxygen atoms in total. The zero-order valence-electron chi connectivity index (χ0n) is 20.2. The normalized spacial score (nSPS) is 23.7. The average molecular weight is 453 g/mol. The molecule has 0 aliphatic carbocycles. The Bertz CT molecular complexity index is 556. The lowest BCUT2D eigenvalue weighted by Gasteiger charge is -2.46. The monoisotopic (exact) mass is 452 g/mol. The zero-order chi connectivity index (χ0) is 23.7. The Labute approximate surface area is 183 Å². The SMILES string of the molecule is CCC(C)C(C)C(C)C(C)(OP(=O)(O)OC(/C=C/O)C(O)COC)C(C)C(C)CC. The number of rotatable bonds is 15. The summed E-state index contributed by atoms with van der Waals surface area (Å²) in [5.41, 5.74) is -0.942. The molecule has 0 spiro atoms. The molecule has 3 N–H and O–H groups in total. The molecule has 0 fully saturated rings.